The molecule has 2 nitrogen and oxygen atoms in total. The summed E-state index contributed by atoms with van der Waals surface area (Å²) in [7, 11) is 0. The number of rotatable bonds is 2. The highest BCUT2D eigenvalue weighted by Crippen LogP contribution is 2.26. The second-order valence-corrected chi connectivity index (χ2v) is 3.59. The molecule has 0 aromatic heterocycles. The van der Waals surface area contributed by atoms with Crippen molar-refractivity contribution in [1.82, 2.24) is 0 Å². The Morgan fingerprint density at radius 3 is 2.50 bits per heavy atom. The Balaban J connectivity index is 3.03. The number of hydrogen-bond acceptors (Lipinski definition) is 2. The minimum absolute atomic E-state index is 0.116. The third-order valence-electron chi connectivity index (χ3n) is 1.32. The molecule has 1 rings (SSSR count). The fourth-order valence-electron chi connectivity index (χ4n) is 0.829. The maximum absolute atomic E-state index is 11.8. The standard InChI is InChI=1S/C8H4F3IO2/c9-8(10,11)14-7-2-1-6(12)3-5(7)4-13/h1-4H. The van der Waals surface area contributed by atoms with E-state index in [2.05, 4.69) is 4.74 Å². The summed E-state index contributed by atoms with van der Waals surface area (Å²) in [6.07, 6.45) is -4.45. The van der Waals surface area contributed by atoms with Crippen LogP contribution >= 0.6 is 22.6 Å². The second kappa shape index (κ2) is 4.16. The first kappa shape index (κ1) is 11.3. The van der Waals surface area contributed by atoms with Crippen molar-refractivity contribution < 1.29 is 22.7 Å². The van der Waals surface area contributed by atoms with Crippen molar-refractivity contribution in [3.05, 3.63) is 27.3 Å². The third kappa shape index (κ3) is 3.17. The number of alkyl halides is 3. The Labute approximate surface area is 91.2 Å². The molecule has 0 saturated carbocycles. The molecule has 6 heteroatoms. The largest absolute Gasteiger partial charge is 0.573 e. The Hall–Kier alpha value is -0.790. The van der Waals surface area contributed by atoms with Crippen molar-refractivity contribution in [3.8, 4) is 5.75 Å². The zero-order valence-corrected chi connectivity index (χ0v) is 8.80. The summed E-state index contributed by atoms with van der Waals surface area (Å²) in [4.78, 5) is 10.4. The Bertz CT molecular complexity index is 349. The van der Waals surface area contributed by atoms with Crippen molar-refractivity contribution in [2.24, 2.45) is 0 Å². The number of carbonyl (C=O) groups is 1. The highest BCUT2D eigenvalue weighted by molar-refractivity contribution is 14.1. The molecule has 0 unspecified atom stereocenters. The van der Waals surface area contributed by atoms with Crippen molar-refractivity contribution in [2.45, 2.75) is 6.36 Å². The zero-order chi connectivity index (χ0) is 10.8. The van der Waals surface area contributed by atoms with Crippen LogP contribution in [0.1, 0.15) is 10.4 Å². The lowest BCUT2D eigenvalue weighted by molar-refractivity contribution is -0.274. The summed E-state index contributed by atoms with van der Waals surface area (Å²) < 4.78 is 39.8. The fraction of sp³-hybridized carbons (Fsp3) is 0.125. The summed E-state index contributed by atoms with van der Waals surface area (Å²) in [6.45, 7) is 0. The predicted molar refractivity (Wildman–Crippen MR) is 51.2 cm³/mol. The quantitative estimate of drug-likeness (QED) is 0.619. The van der Waals surface area contributed by atoms with Crippen LogP contribution < -0.4 is 4.74 Å². The van der Waals surface area contributed by atoms with Gasteiger partial charge in [-0.05, 0) is 40.8 Å². The first-order valence-electron chi connectivity index (χ1n) is 3.43. The van der Waals surface area contributed by atoms with Crippen LogP contribution in [0.15, 0.2) is 18.2 Å². The number of carbonyl (C=O) groups excluding carboxylic acids is 1. The van der Waals surface area contributed by atoms with Crippen LogP contribution in [0.25, 0.3) is 0 Å². The molecule has 0 aliphatic heterocycles. The number of halogens is 4. The molecular formula is C8H4F3IO2. The van der Waals surface area contributed by atoms with Gasteiger partial charge in [0, 0.05) is 3.57 Å². The molecule has 0 atom stereocenters. The molecule has 1 aromatic carbocycles. The van der Waals surface area contributed by atoms with Gasteiger partial charge >= 0.3 is 6.36 Å². The van der Waals surface area contributed by atoms with Crippen LogP contribution in [-0.2, 0) is 0 Å². The van der Waals surface area contributed by atoms with Gasteiger partial charge in [0.05, 0.1) is 5.56 Å². The highest BCUT2D eigenvalue weighted by Gasteiger charge is 2.32. The van der Waals surface area contributed by atoms with Crippen molar-refractivity contribution >= 4 is 28.9 Å². The minimum Gasteiger partial charge on any atom is -0.405 e. The Kier molecular flexibility index (Phi) is 3.35. The average molecular weight is 316 g/mol. The summed E-state index contributed by atoms with van der Waals surface area (Å²) in [6, 6.07) is 3.85. The van der Waals surface area contributed by atoms with Crippen LogP contribution in [0, 0.1) is 3.57 Å². The van der Waals surface area contributed by atoms with Crippen LogP contribution in [0.4, 0.5) is 13.2 Å². The molecule has 0 bridgehead atoms. The van der Waals surface area contributed by atoms with E-state index >= 15 is 0 Å². The Morgan fingerprint density at radius 2 is 2.00 bits per heavy atom. The first-order chi connectivity index (χ1) is 6.42. The molecule has 0 saturated heterocycles. The summed E-state index contributed by atoms with van der Waals surface area (Å²) in [5.41, 5.74) is -0.116. The number of ether oxygens (including phenoxy) is 1. The maximum atomic E-state index is 11.8. The minimum atomic E-state index is -4.77. The van der Waals surface area contributed by atoms with Crippen molar-refractivity contribution in [2.75, 3.05) is 0 Å². The molecule has 0 spiro atoms. The predicted octanol–water partition coefficient (Wildman–Crippen LogP) is 3.00. The molecule has 1 aromatic rings. The van der Waals surface area contributed by atoms with E-state index in [1.807, 2.05) is 22.6 Å². The van der Waals surface area contributed by atoms with Gasteiger partial charge in [0.25, 0.3) is 0 Å². The number of hydrogen-bond donors (Lipinski definition) is 0. The van der Waals surface area contributed by atoms with E-state index in [-0.39, 0.29) is 5.56 Å². The number of aldehydes is 1. The van der Waals surface area contributed by atoms with E-state index in [0.29, 0.717) is 9.86 Å². The summed E-state index contributed by atoms with van der Waals surface area (Å²) in [5, 5.41) is 0. The SMILES string of the molecule is O=Cc1cc(I)ccc1OC(F)(F)F. The summed E-state index contributed by atoms with van der Waals surface area (Å²) >= 11 is 1.89. The summed E-state index contributed by atoms with van der Waals surface area (Å²) in [5.74, 6) is -0.479. The molecule has 0 aliphatic carbocycles. The van der Waals surface area contributed by atoms with Crippen LogP contribution in [0.5, 0.6) is 5.75 Å². The van der Waals surface area contributed by atoms with E-state index < -0.39 is 12.1 Å². The monoisotopic (exact) mass is 316 g/mol. The van der Waals surface area contributed by atoms with Crippen LogP contribution in [0.2, 0.25) is 0 Å². The molecule has 0 N–H and O–H groups in total. The fourth-order valence-corrected chi connectivity index (χ4v) is 1.34. The second-order valence-electron chi connectivity index (χ2n) is 2.35. The van der Waals surface area contributed by atoms with E-state index in [9.17, 15) is 18.0 Å². The normalized spacial score (nSPS) is 11.1. The highest BCUT2D eigenvalue weighted by atomic mass is 127. The lowest BCUT2D eigenvalue weighted by Crippen LogP contribution is -2.18. The van der Waals surface area contributed by atoms with Gasteiger partial charge in [-0.15, -0.1) is 13.2 Å². The average Bonchev–Trinajstić information content (AvgIpc) is 2.06. The zero-order valence-electron chi connectivity index (χ0n) is 6.64. The van der Waals surface area contributed by atoms with E-state index in [0.717, 1.165) is 6.07 Å². The topological polar surface area (TPSA) is 26.3 Å². The lowest BCUT2D eigenvalue weighted by Gasteiger charge is -2.10. The van der Waals surface area contributed by atoms with Gasteiger partial charge in [-0.25, -0.2) is 0 Å². The van der Waals surface area contributed by atoms with Crippen molar-refractivity contribution in [3.63, 3.8) is 0 Å². The smallest absolute Gasteiger partial charge is 0.405 e. The molecule has 0 amide bonds. The van der Waals surface area contributed by atoms with Gasteiger partial charge in [-0.1, -0.05) is 0 Å². The molecule has 0 radical (unpaired) electrons. The van der Waals surface area contributed by atoms with E-state index in [4.69, 9.17) is 0 Å². The molecule has 14 heavy (non-hydrogen) atoms. The molecule has 0 fully saturated rings. The van der Waals surface area contributed by atoms with Crippen molar-refractivity contribution in [1.29, 1.82) is 0 Å². The van der Waals surface area contributed by atoms with Gasteiger partial charge in [-0.3, -0.25) is 4.79 Å². The number of benzene rings is 1. The maximum Gasteiger partial charge on any atom is 0.573 e. The van der Waals surface area contributed by atoms with Gasteiger partial charge < -0.3 is 4.74 Å². The van der Waals surface area contributed by atoms with Gasteiger partial charge in [0.1, 0.15) is 5.75 Å². The molecule has 0 heterocycles. The Morgan fingerprint density at radius 1 is 1.36 bits per heavy atom. The van der Waals surface area contributed by atoms with Gasteiger partial charge in [0.15, 0.2) is 6.29 Å². The van der Waals surface area contributed by atoms with Crippen LogP contribution in [-0.4, -0.2) is 12.6 Å². The first-order valence-corrected chi connectivity index (χ1v) is 4.51. The molecule has 0 aliphatic rings. The van der Waals surface area contributed by atoms with E-state index in [1.54, 1.807) is 0 Å². The molecular weight excluding hydrogens is 312 g/mol. The van der Waals surface area contributed by atoms with Crippen LogP contribution in [0.3, 0.4) is 0 Å². The van der Waals surface area contributed by atoms with Gasteiger partial charge in [-0.2, -0.15) is 0 Å². The lowest BCUT2D eigenvalue weighted by atomic mass is 10.2. The van der Waals surface area contributed by atoms with E-state index in [1.165, 1.54) is 12.1 Å². The molecule has 76 valence electrons. The third-order valence-corrected chi connectivity index (χ3v) is 2.00. The van der Waals surface area contributed by atoms with Gasteiger partial charge in [0.2, 0.25) is 0 Å².